The summed E-state index contributed by atoms with van der Waals surface area (Å²) in [6, 6.07) is 6.84. The van der Waals surface area contributed by atoms with Gasteiger partial charge in [-0.05, 0) is 18.6 Å². The number of alkyl halides is 1. The van der Waals surface area contributed by atoms with Crippen LogP contribution in [0.15, 0.2) is 24.3 Å². The largest absolute Gasteiger partial charge is 0.491 e. The second kappa shape index (κ2) is 7.26. The summed E-state index contributed by atoms with van der Waals surface area (Å²) in [7, 11) is 0. The number of aliphatic hydroxyl groups excluding tert-OH is 1. The second-order valence-corrected chi connectivity index (χ2v) is 5.17. The molecule has 1 aliphatic heterocycles. The van der Waals surface area contributed by atoms with Gasteiger partial charge < -0.3 is 20.1 Å². The molecule has 6 heteroatoms. The number of nitrogens with one attached hydrogen (secondary N) is 1. The summed E-state index contributed by atoms with van der Waals surface area (Å²) >= 11 is 0. The molecule has 5 nitrogen and oxygen atoms in total. The van der Waals surface area contributed by atoms with Crippen molar-refractivity contribution in [2.24, 2.45) is 0 Å². The molecule has 1 fully saturated rings. The lowest BCUT2D eigenvalue weighted by atomic mass is 10.2. The highest BCUT2D eigenvalue weighted by Crippen LogP contribution is 2.20. The van der Waals surface area contributed by atoms with Crippen molar-refractivity contribution in [2.45, 2.75) is 25.6 Å². The lowest BCUT2D eigenvalue weighted by Crippen LogP contribution is -2.45. The number of hydrogen-bond acceptors (Lipinski definition) is 3. The number of carbonyl (C=O) groups is 1. The van der Waals surface area contributed by atoms with Crippen molar-refractivity contribution in [3.05, 3.63) is 29.8 Å². The Balaban J connectivity index is 1.73. The molecule has 0 aliphatic carbocycles. The van der Waals surface area contributed by atoms with E-state index in [-0.39, 0.29) is 25.6 Å². The third-order valence-corrected chi connectivity index (χ3v) is 3.56. The molecule has 1 saturated heterocycles. The Morgan fingerprint density at radius 2 is 2.29 bits per heavy atom. The highest BCUT2D eigenvalue weighted by atomic mass is 19.1. The van der Waals surface area contributed by atoms with Crippen molar-refractivity contribution in [1.82, 2.24) is 10.2 Å². The molecule has 0 radical (unpaired) electrons. The monoisotopic (exact) mass is 296 g/mol. The summed E-state index contributed by atoms with van der Waals surface area (Å²) < 4.78 is 18.8. The van der Waals surface area contributed by atoms with Gasteiger partial charge in [-0.25, -0.2) is 9.18 Å². The van der Waals surface area contributed by atoms with Gasteiger partial charge in [0.15, 0.2) is 0 Å². The Hall–Kier alpha value is -1.82. The number of benzene rings is 1. The van der Waals surface area contributed by atoms with Crippen LogP contribution < -0.4 is 10.1 Å². The molecule has 1 aliphatic rings. The van der Waals surface area contributed by atoms with Crippen molar-refractivity contribution in [3.8, 4) is 5.75 Å². The predicted octanol–water partition coefficient (Wildman–Crippen LogP) is 1.49. The molecular formula is C15H21FN2O3. The SMILES string of the molecule is Cc1ccccc1OCCNC(=O)N1CC(F)CC1CO. The molecule has 0 bridgehead atoms. The molecule has 116 valence electrons. The van der Waals surface area contributed by atoms with Gasteiger partial charge in [0, 0.05) is 6.42 Å². The molecule has 2 rings (SSSR count). The fourth-order valence-corrected chi connectivity index (χ4v) is 2.42. The number of para-hydroxylation sites is 1. The minimum Gasteiger partial charge on any atom is -0.491 e. The van der Waals surface area contributed by atoms with E-state index in [1.165, 1.54) is 4.90 Å². The maximum atomic E-state index is 13.3. The summed E-state index contributed by atoms with van der Waals surface area (Å²) in [6.45, 7) is 2.45. The van der Waals surface area contributed by atoms with Crippen molar-refractivity contribution < 1.29 is 19.0 Å². The molecule has 2 N–H and O–H groups in total. The average Bonchev–Trinajstić information content (AvgIpc) is 2.86. The van der Waals surface area contributed by atoms with E-state index in [1.807, 2.05) is 31.2 Å². The van der Waals surface area contributed by atoms with E-state index in [2.05, 4.69) is 5.32 Å². The number of rotatable bonds is 5. The highest BCUT2D eigenvalue weighted by molar-refractivity contribution is 5.75. The van der Waals surface area contributed by atoms with Crippen molar-refractivity contribution in [2.75, 3.05) is 26.3 Å². The zero-order valence-electron chi connectivity index (χ0n) is 12.1. The van der Waals surface area contributed by atoms with Crippen molar-refractivity contribution >= 4 is 6.03 Å². The third-order valence-electron chi connectivity index (χ3n) is 3.56. The number of amides is 2. The minimum atomic E-state index is -1.06. The van der Waals surface area contributed by atoms with Gasteiger partial charge in [0.25, 0.3) is 0 Å². The first-order valence-corrected chi connectivity index (χ1v) is 7.09. The number of urea groups is 1. The van der Waals surface area contributed by atoms with Gasteiger partial charge in [0.1, 0.15) is 18.5 Å². The predicted molar refractivity (Wildman–Crippen MR) is 77.2 cm³/mol. The standard InChI is InChI=1S/C15H21FN2O3/c1-11-4-2-3-5-14(11)21-7-6-17-15(20)18-9-12(16)8-13(18)10-19/h2-5,12-13,19H,6-10H2,1H3,(H,17,20). The topological polar surface area (TPSA) is 61.8 Å². The Morgan fingerprint density at radius 3 is 3.00 bits per heavy atom. The average molecular weight is 296 g/mol. The van der Waals surface area contributed by atoms with Gasteiger partial charge in [-0.2, -0.15) is 0 Å². The molecule has 0 spiro atoms. The molecule has 2 atom stereocenters. The van der Waals surface area contributed by atoms with Crippen molar-refractivity contribution in [3.63, 3.8) is 0 Å². The van der Waals surface area contributed by atoms with Gasteiger partial charge in [-0.3, -0.25) is 0 Å². The number of ether oxygens (including phenoxy) is 1. The van der Waals surface area contributed by atoms with E-state index >= 15 is 0 Å². The fourth-order valence-electron chi connectivity index (χ4n) is 2.42. The van der Waals surface area contributed by atoms with Crippen LogP contribution in [0.4, 0.5) is 9.18 Å². The van der Waals surface area contributed by atoms with Crippen LogP contribution in [0.25, 0.3) is 0 Å². The highest BCUT2D eigenvalue weighted by Gasteiger charge is 2.34. The number of likely N-dealkylation sites (tertiary alicyclic amines) is 1. The maximum Gasteiger partial charge on any atom is 0.317 e. The summed E-state index contributed by atoms with van der Waals surface area (Å²) in [5.41, 5.74) is 1.03. The molecule has 1 aromatic carbocycles. The fraction of sp³-hybridized carbons (Fsp3) is 0.533. The minimum absolute atomic E-state index is 0.0374. The zero-order valence-corrected chi connectivity index (χ0v) is 12.1. The number of hydrogen-bond donors (Lipinski definition) is 2. The van der Waals surface area contributed by atoms with E-state index in [9.17, 15) is 9.18 Å². The van der Waals surface area contributed by atoms with Crippen LogP contribution in [0.1, 0.15) is 12.0 Å². The van der Waals surface area contributed by atoms with Gasteiger partial charge >= 0.3 is 6.03 Å². The molecular weight excluding hydrogens is 275 g/mol. The van der Waals surface area contributed by atoms with Crippen LogP contribution >= 0.6 is 0 Å². The Morgan fingerprint density at radius 1 is 1.52 bits per heavy atom. The van der Waals surface area contributed by atoms with Gasteiger partial charge in [0.05, 0.1) is 25.7 Å². The molecule has 21 heavy (non-hydrogen) atoms. The smallest absolute Gasteiger partial charge is 0.317 e. The quantitative estimate of drug-likeness (QED) is 0.809. The van der Waals surface area contributed by atoms with Crippen LogP contribution in [-0.2, 0) is 0 Å². The van der Waals surface area contributed by atoms with Gasteiger partial charge in [-0.15, -0.1) is 0 Å². The normalized spacial score (nSPS) is 21.4. The van der Waals surface area contributed by atoms with Gasteiger partial charge in [0.2, 0.25) is 0 Å². The van der Waals surface area contributed by atoms with Crippen molar-refractivity contribution in [1.29, 1.82) is 0 Å². The first-order chi connectivity index (χ1) is 10.1. The Bertz CT molecular complexity index is 484. The zero-order chi connectivity index (χ0) is 15.2. The maximum absolute atomic E-state index is 13.3. The first kappa shape index (κ1) is 15.6. The molecule has 2 amide bonds. The van der Waals surface area contributed by atoms with E-state index in [4.69, 9.17) is 9.84 Å². The number of aliphatic hydroxyl groups is 1. The van der Waals surface area contributed by atoms with Crippen LogP contribution in [0, 0.1) is 6.92 Å². The van der Waals surface area contributed by atoms with Crippen LogP contribution in [0.3, 0.4) is 0 Å². The molecule has 1 aromatic rings. The number of halogens is 1. The summed E-state index contributed by atoms with van der Waals surface area (Å²) in [5, 5.41) is 11.8. The first-order valence-electron chi connectivity index (χ1n) is 7.09. The molecule has 1 heterocycles. The summed E-state index contributed by atoms with van der Waals surface area (Å²) in [6.07, 6.45) is -0.861. The summed E-state index contributed by atoms with van der Waals surface area (Å²) in [5.74, 6) is 0.782. The molecule has 0 saturated carbocycles. The number of aryl methyl sites for hydroxylation is 1. The van der Waals surface area contributed by atoms with Crippen LogP contribution in [0.5, 0.6) is 5.75 Å². The summed E-state index contributed by atoms with van der Waals surface area (Å²) in [4.78, 5) is 13.3. The van der Waals surface area contributed by atoms with E-state index in [1.54, 1.807) is 0 Å². The van der Waals surface area contributed by atoms with Crippen LogP contribution in [-0.4, -0.2) is 54.6 Å². The lowest BCUT2D eigenvalue weighted by Gasteiger charge is -2.22. The van der Waals surface area contributed by atoms with E-state index in [0.29, 0.717) is 13.2 Å². The van der Waals surface area contributed by atoms with E-state index in [0.717, 1.165) is 11.3 Å². The Labute approximate surface area is 123 Å². The Kier molecular flexibility index (Phi) is 5.38. The van der Waals surface area contributed by atoms with Gasteiger partial charge in [-0.1, -0.05) is 18.2 Å². The molecule has 2 unspecified atom stereocenters. The lowest BCUT2D eigenvalue weighted by molar-refractivity contribution is 0.155. The number of nitrogens with zero attached hydrogens (tertiary/aromatic N) is 1. The second-order valence-electron chi connectivity index (χ2n) is 5.17. The molecule has 0 aromatic heterocycles. The number of carbonyl (C=O) groups excluding carboxylic acids is 1. The van der Waals surface area contributed by atoms with Crippen LogP contribution in [0.2, 0.25) is 0 Å². The van der Waals surface area contributed by atoms with E-state index < -0.39 is 12.2 Å². The third kappa shape index (κ3) is 4.07.